The van der Waals surface area contributed by atoms with E-state index in [1.165, 1.54) is 19.2 Å². The number of carbonyl (C=O) groups excluding carboxylic acids is 3. The topological polar surface area (TPSA) is 103 Å². The number of carbonyl (C=O) groups is 3. The van der Waals surface area contributed by atoms with Gasteiger partial charge in [-0.05, 0) is 68.0 Å². The lowest BCUT2D eigenvalue weighted by atomic mass is 10.2. The molecule has 2 aromatic heterocycles. The number of rotatable bonds is 8. The average molecular weight is 476 g/mol. The Balaban J connectivity index is 1.54. The number of amides is 3. The normalized spacial score (nSPS) is 14.4. The molecule has 1 saturated heterocycles. The van der Waals surface area contributed by atoms with Gasteiger partial charge < -0.3 is 23.8 Å². The van der Waals surface area contributed by atoms with Crippen molar-refractivity contribution in [3.8, 4) is 11.4 Å². The molecule has 9 nitrogen and oxygen atoms in total. The molecule has 35 heavy (non-hydrogen) atoms. The van der Waals surface area contributed by atoms with Crippen molar-refractivity contribution in [3.05, 3.63) is 89.3 Å². The molecule has 3 heterocycles. The Hall–Kier alpha value is -4.53. The third kappa shape index (κ3) is 4.74. The van der Waals surface area contributed by atoms with Gasteiger partial charge in [0.15, 0.2) is 0 Å². The Morgan fingerprint density at radius 1 is 1.14 bits per heavy atom. The van der Waals surface area contributed by atoms with Gasteiger partial charge in [0.2, 0.25) is 5.76 Å². The summed E-state index contributed by atoms with van der Waals surface area (Å²) in [5.41, 5.74) is 3.77. The highest BCUT2D eigenvalue weighted by Gasteiger charge is 2.34. The second-order valence-corrected chi connectivity index (χ2v) is 7.89. The molecule has 1 fully saturated rings. The van der Waals surface area contributed by atoms with Gasteiger partial charge in [0.25, 0.3) is 5.91 Å². The van der Waals surface area contributed by atoms with Crippen LogP contribution in [0.2, 0.25) is 0 Å². The highest BCUT2D eigenvalue weighted by atomic mass is 16.5. The number of nitrogens with zero attached hydrogens (tertiary/aromatic N) is 2. The van der Waals surface area contributed by atoms with Gasteiger partial charge in [-0.3, -0.25) is 9.69 Å². The van der Waals surface area contributed by atoms with Crippen LogP contribution in [0.3, 0.4) is 0 Å². The van der Waals surface area contributed by atoms with Crippen LogP contribution in [0, 0.1) is 13.8 Å². The summed E-state index contributed by atoms with van der Waals surface area (Å²) >= 11 is 0. The number of ether oxygens (including phenoxy) is 2. The highest BCUT2D eigenvalue weighted by molar-refractivity contribution is 6.13. The first-order valence-electron chi connectivity index (χ1n) is 10.9. The average Bonchev–Trinajstić information content (AvgIpc) is 3.51. The standard InChI is InChI=1S/C26H25N3O6/c1-5-12-34-20-8-6-19(7-9-20)29-16(2)13-18(17(29)3)14-22-24(30)28(26(32)27-22)15-21-10-11-23(35-21)25(31)33-4/h5-11,13-14H,1,12,15H2,2-4H3,(H,27,32)/b22-14-. The van der Waals surface area contributed by atoms with E-state index in [0.717, 1.165) is 33.3 Å². The fourth-order valence-electron chi connectivity index (χ4n) is 3.88. The van der Waals surface area contributed by atoms with Gasteiger partial charge in [-0.25, -0.2) is 9.59 Å². The number of urea groups is 1. The maximum absolute atomic E-state index is 12.9. The molecular weight excluding hydrogens is 450 g/mol. The molecule has 4 rings (SSSR count). The van der Waals surface area contributed by atoms with Crippen molar-refractivity contribution < 1.29 is 28.3 Å². The zero-order valence-corrected chi connectivity index (χ0v) is 19.7. The van der Waals surface area contributed by atoms with E-state index in [1.54, 1.807) is 12.2 Å². The van der Waals surface area contributed by atoms with Crippen LogP contribution < -0.4 is 10.1 Å². The van der Waals surface area contributed by atoms with Gasteiger partial charge in [0, 0.05) is 17.1 Å². The summed E-state index contributed by atoms with van der Waals surface area (Å²) in [5, 5.41) is 2.62. The van der Waals surface area contributed by atoms with Crippen LogP contribution in [0.15, 0.2) is 65.2 Å². The number of hydrogen-bond donors (Lipinski definition) is 1. The van der Waals surface area contributed by atoms with Crippen LogP contribution >= 0.6 is 0 Å². The summed E-state index contributed by atoms with van der Waals surface area (Å²) in [6.07, 6.45) is 3.34. The maximum Gasteiger partial charge on any atom is 0.373 e. The van der Waals surface area contributed by atoms with Crippen molar-refractivity contribution in [1.82, 2.24) is 14.8 Å². The first-order valence-corrected chi connectivity index (χ1v) is 10.9. The van der Waals surface area contributed by atoms with E-state index in [2.05, 4.69) is 21.2 Å². The minimum absolute atomic E-state index is 0.00180. The Bertz CT molecular complexity index is 1330. The predicted molar refractivity (Wildman–Crippen MR) is 128 cm³/mol. The number of hydrogen-bond acceptors (Lipinski definition) is 6. The van der Waals surface area contributed by atoms with Crippen LogP contribution in [0.5, 0.6) is 5.75 Å². The molecule has 0 saturated carbocycles. The molecule has 0 atom stereocenters. The molecule has 3 amide bonds. The molecular formula is C26H25N3O6. The van der Waals surface area contributed by atoms with E-state index in [0.29, 0.717) is 6.61 Å². The SMILES string of the molecule is C=CCOc1ccc(-n2c(C)cc(/C=C3\NC(=O)N(Cc4ccc(C(=O)OC)o4)C3=O)c2C)cc1. The fraction of sp³-hybridized carbons (Fsp3) is 0.192. The summed E-state index contributed by atoms with van der Waals surface area (Å²) in [6, 6.07) is 12.0. The van der Waals surface area contributed by atoms with Gasteiger partial charge in [-0.2, -0.15) is 0 Å². The molecule has 0 unspecified atom stereocenters. The lowest BCUT2D eigenvalue weighted by Crippen LogP contribution is -2.30. The maximum atomic E-state index is 12.9. The number of imide groups is 1. The van der Waals surface area contributed by atoms with Crippen LogP contribution in [-0.4, -0.2) is 41.1 Å². The largest absolute Gasteiger partial charge is 0.490 e. The molecule has 0 radical (unpaired) electrons. The van der Waals surface area contributed by atoms with Gasteiger partial charge in [-0.15, -0.1) is 0 Å². The lowest BCUT2D eigenvalue weighted by molar-refractivity contribution is -0.123. The van der Waals surface area contributed by atoms with E-state index in [1.807, 2.05) is 44.2 Å². The second kappa shape index (κ2) is 9.76. The number of nitrogens with one attached hydrogen (secondary N) is 1. The summed E-state index contributed by atoms with van der Waals surface area (Å²) in [5.74, 6) is -0.0946. The monoisotopic (exact) mass is 475 g/mol. The Morgan fingerprint density at radius 3 is 2.57 bits per heavy atom. The molecule has 0 bridgehead atoms. The molecule has 1 aliphatic rings. The lowest BCUT2D eigenvalue weighted by Gasteiger charge is -2.11. The molecule has 3 aromatic rings. The van der Waals surface area contributed by atoms with Crippen LogP contribution in [-0.2, 0) is 16.1 Å². The van der Waals surface area contributed by atoms with Gasteiger partial charge in [0.1, 0.15) is 23.8 Å². The Kier molecular flexibility index (Phi) is 6.59. The number of benzene rings is 1. The Morgan fingerprint density at radius 2 is 1.89 bits per heavy atom. The van der Waals surface area contributed by atoms with E-state index >= 15 is 0 Å². The fourth-order valence-corrected chi connectivity index (χ4v) is 3.88. The zero-order chi connectivity index (χ0) is 25.1. The highest BCUT2D eigenvalue weighted by Crippen LogP contribution is 2.26. The van der Waals surface area contributed by atoms with Crippen molar-refractivity contribution in [2.45, 2.75) is 20.4 Å². The van der Waals surface area contributed by atoms with E-state index < -0.39 is 17.9 Å². The minimum atomic E-state index is -0.636. The molecule has 1 aromatic carbocycles. The zero-order valence-electron chi connectivity index (χ0n) is 19.7. The number of aromatic nitrogens is 1. The molecule has 9 heteroatoms. The smallest absolute Gasteiger partial charge is 0.373 e. The van der Waals surface area contributed by atoms with Gasteiger partial charge in [0.05, 0.1) is 13.7 Å². The quantitative estimate of drug-likeness (QED) is 0.227. The Labute approximate surface area is 202 Å². The summed E-state index contributed by atoms with van der Waals surface area (Å²) in [7, 11) is 1.24. The van der Waals surface area contributed by atoms with Gasteiger partial charge >= 0.3 is 12.0 Å². The van der Waals surface area contributed by atoms with Crippen molar-refractivity contribution in [2.24, 2.45) is 0 Å². The van der Waals surface area contributed by atoms with Crippen molar-refractivity contribution in [3.63, 3.8) is 0 Å². The van der Waals surface area contributed by atoms with Gasteiger partial charge in [-0.1, -0.05) is 12.7 Å². The van der Waals surface area contributed by atoms with E-state index in [9.17, 15) is 14.4 Å². The third-order valence-electron chi connectivity index (χ3n) is 5.56. The first kappa shape index (κ1) is 23.6. The van der Waals surface area contributed by atoms with E-state index in [-0.39, 0.29) is 23.8 Å². The second-order valence-electron chi connectivity index (χ2n) is 7.89. The predicted octanol–water partition coefficient (Wildman–Crippen LogP) is 4.13. The minimum Gasteiger partial charge on any atom is -0.490 e. The summed E-state index contributed by atoms with van der Waals surface area (Å²) in [6.45, 7) is 7.87. The molecule has 1 N–H and O–H groups in total. The van der Waals surface area contributed by atoms with Crippen molar-refractivity contribution in [2.75, 3.05) is 13.7 Å². The summed E-state index contributed by atoms with van der Waals surface area (Å²) < 4.78 is 17.6. The van der Waals surface area contributed by atoms with Crippen molar-refractivity contribution in [1.29, 1.82) is 0 Å². The molecule has 0 aliphatic carbocycles. The number of esters is 1. The first-order chi connectivity index (χ1) is 16.8. The molecule has 1 aliphatic heterocycles. The number of aryl methyl sites for hydroxylation is 1. The number of methoxy groups -OCH3 is 1. The van der Waals surface area contributed by atoms with Crippen LogP contribution in [0.4, 0.5) is 4.79 Å². The molecule has 0 spiro atoms. The number of furan rings is 1. The van der Waals surface area contributed by atoms with E-state index in [4.69, 9.17) is 9.15 Å². The third-order valence-corrected chi connectivity index (χ3v) is 5.56. The van der Waals surface area contributed by atoms with Crippen LogP contribution in [0.1, 0.15) is 33.3 Å². The summed E-state index contributed by atoms with van der Waals surface area (Å²) in [4.78, 5) is 38.0. The molecule has 180 valence electrons. The van der Waals surface area contributed by atoms with Crippen molar-refractivity contribution >= 4 is 24.0 Å². The van der Waals surface area contributed by atoms with Crippen LogP contribution in [0.25, 0.3) is 11.8 Å².